The predicted octanol–water partition coefficient (Wildman–Crippen LogP) is 6.03. The van der Waals surface area contributed by atoms with Crippen LogP contribution in [0.3, 0.4) is 0 Å². The van der Waals surface area contributed by atoms with E-state index in [2.05, 4.69) is 10.3 Å². The number of para-hydroxylation sites is 1. The smallest absolute Gasteiger partial charge is 0.357 e. The van der Waals surface area contributed by atoms with Crippen LogP contribution in [-0.4, -0.2) is 17.0 Å². The standard InChI is InChI=1S/C17H13Cl2F3N2S/c18-9-14-15(23-13-7-2-1-6-12(13)19)24-16(25-14)10-4-3-5-11(8-10)17(20,21)22/h1-8,14,16H,9H2,(H,23,24). The second-order valence-corrected chi connectivity index (χ2v) is 7.40. The first-order valence-electron chi connectivity index (χ1n) is 7.36. The molecule has 0 spiro atoms. The normalized spacial score (nSPS) is 22.2. The van der Waals surface area contributed by atoms with Gasteiger partial charge >= 0.3 is 6.18 Å². The van der Waals surface area contributed by atoms with Crippen molar-refractivity contribution in [3.63, 3.8) is 0 Å². The molecule has 1 saturated heterocycles. The molecule has 25 heavy (non-hydrogen) atoms. The fourth-order valence-corrected chi connectivity index (χ4v) is 4.10. The lowest BCUT2D eigenvalue weighted by Crippen LogP contribution is -2.25. The SMILES string of the molecule is FC(F)(F)c1cccc(C2NC(=Nc3ccccc3Cl)C(CCl)S2)c1. The van der Waals surface area contributed by atoms with Crippen LogP contribution in [0, 0.1) is 0 Å². The van der Waals surface area contributed by atoms with E-state index in [1.807, 2.05) is 6.07 Å². The molecule has 0 saturated carbocycles. The summed E-state index contributed by atoms with van der Waals surface area (Å²) >= 11 is 13.6. The number of benzene rings is 2. The average Bonchev–Trinajstić information content (AvgIpc) is 2.99. The van der Waals surface area contributed by atoms with Gasteiger partial charge in [-0.05, 0) is 29.8 Å². The zero-order valence-corrected chi connectivity index (χ0v) is 15.1. The lowest BCUT2D eigenvalue weighted by Gasteiger charge is -2.13. The molecule has 1 heterocycles. The summed E-state index contributed by atoms with van der Waals surface area (Å²) in [7, 11) is 0. The van der Waals surface area contributed by atoms with E-state index in [9.17, 15) is 13.2 Å². The summed E-state index contributed by atoms with van der Waals surface area (Å²) in [6.45, 7) is 0. The number of hydrogen-bond donors (Lipinski definition) is 1. The third-order valence-corrected chi connectivity index (χ3v) is 5.83. The van der Waals surface area contributed by atoms with Gasteiger partial charge in [-0.2, -0.15) is 13.2 Å². The monoisotopic (exact) mass is 404 g/mol. The van der Waals surface area contributed by atoms with Crippen LogP contribution in [0.4, 0.5) is 18.9 Å². The first kappa shape index (κ1) is 18.4. The van der Waals surface area contributed by atoms with E-state index >= 15 is 0 Å². The van der Waals surface area contributed by atoms with E-state index in [1.54, 1.807) is 24.3 Å². The maximum Gasteiger partial charge on any atom is 0.416 e. The fraction of sp³-hybridized carbons (Fsp3) is 0.235. The minimum Gasteiger partial charge on any atom is -0.357 e. The summed E-state index contributed by atoms with van der Waals surface area (Å²) in [6, 6.07) is 12.4. The van der Waals surface area contributed by atoms with Gasteiger partial charge in [0.05, 0.1) is 26.9 Å². The Bertz CT molecular complexity index is 795. The van der Waals surface area contributed by atoms with Gasteiger partial charge in [0.15, 0.2) is 0 Å². The van der Waals surface area contributed by atoms with Crippen molar-refractivity contribution in [3.05, 3.63) is 64.7 Å². The minimum atomic E-state index is -4.38. The van der Waals surface area contributed by atoms with Crippen LogP contribution in [0.15, 0.2) is 53.5 Å². The molecule has 0 aromatic heterocycles. The van der Waals surface area contributed by atoms with Gasteiger partial charge in [0.25, 0.3) is 0 Å². The molecule has 8 heteroatoms. The summed E-state index contributed by atoms with van der Waals surface area (Å²) in [6.07, 6.45) is -4.38. The second-order valence-electron chi connectivity index (χ2n) is 5.38. The molecule has 0 amide bonds. The van der Waals surface area contributed by atoms with Gasteiger partial charge in [0.1, 0.15) is 5.84 Å². The van der Waals surface area contributed by atoms with Crippen molar-refractivity contribution in [1.82, 2.24) is 5.32 Å². The van der Waals surface area contributed by atoms with E-state index in [0.29, 0.717) is 22.1 Å². The van der Waals surface area contributed by atoms with Gasteiger partial charge in [-0.15, -0.1) is 23.4 Å². The van der Waals surface area contributed by atoms with Crippen LogP contribution < -0.4 is 5.32 Å². The van der Waals surface area contributed by atoms with Crippen molar-refractivity contribution in [2.45, 2.75) is 16.8 Å². The molecule has 2 nitrogen and oxygen atoms in total. The lowest BCUT2D eigenvalue weighted by molar-refractivity contribution is -0.137. The average molecular weight is 405 g/mol. The highest BCUT2D eigenvalue weighted by atomic mass is 35.5. The quantitative estimate of drug-likeness (QED) is 0.631. The summed E-state index contributed by atoms with van der Waals surface area (Å²) in [5.41, 5.74) is 0.442. The number of alkyl halides is 4. The van der Waals surface area contributed by atoms with Gasteiger partial charge in [-0.3, -0.25) is 0 Å². The predicted molar refractivity (Wildman–Crippen MR) is 98.0 cm³/mol. The zero-order valence-electron chi connectivity index (χ0n) is 12.7. The van der Waals surface area contributed by atoms with Gasteiger partial charge in [-0.25, -0.2) is 4.99 Å². The molecule has 2 unspecified atom stereocenters. The Morgan fingerprint density at radius 3 is 2.56 bits per heavy atom. The van der Waals surface area contributed by atoms with Gasteiger partial charge in [0.2, 0.25) is 0 Å². The Balaban J connectivity index is 1.88. The highest BCUT2D eigenvalue weighted by Crippen LogP contribution is 2.40. The third-order valence-electron chi connectivity index (χ3n) is 3.63. The van der Waals surface area contributed by atoms with E-state index in [4.69, 9.17) is 23.2 Å². The van der Waals surface area contributed by atoms with Crippen LogP contribution in [0.2, 0.25) is 5.02 Å². The lowest BCUT2D eigenvalue weighted by atomic mass is 10.1. The van der Waals surface area contributed by atoms with Crippen molar-refractivity contribution in [2.75, 3.05) is 5.88 Å². The topological polar surface area (TPSA) is 24.4 Å². The van der Waals surface area contributed by atoms with Crippen LogP contribution in [0.5, 0.6) is 0 Å². The van der Waals surface area contributed by atoms with E-state index < -0.39 is 11.7 Å². The Kier molecular flexibility index (Phi) is 5.51. The van der Waals surface area contributed by atoms with Crippen LogP contribution in [-0.2, 0) is 6.18 Å². The molecule has 2 atom stereocenters. The molecular formula is C17H13Cl2F3N2S. The van der Waals surface area contributed by atoms with Crippen LogP contribution >= 0.6 is 35.0 Å². The summed E-state index contributed by atoms with van der Waals surface area (Å²) < 4.78 is 38.8. The number of hydrogen-bond acceptors (Lipinski definition) is 2. The summed E-state index contributed by atoms with van der Waals surface area (Å²) in [5, 5.41) is 3.15. The van der Waals surface area contributed by atoms with Crippen molar-refractivity contribution in [1.29, 1.82) is 0 Å². The molecule has 3 rings (SSSR count). The Morgan fingerprint density at radius 2 is 1.88 bits per heavy atom. The van der Waals surface area contributed by atoms with E-state index in [1.165, 1.54) is 17.8 Å². The Labute approximate surface area is 157 Å². The molecule has 2 aromatic carbocycles. The first-order chi connectivity index (χ1) is 11.9. The molecule has 0 aliphatic carbocycles. The second kappa shape index (κ2) is 7.48. The maximum absolute atomic E-state index is 12.9. The largest absolute Gasteiger partial charge is 0.416 e. The molecular weight excluding hydrogens is 392 g/mol. The third kappa shape index (κ3) is 4.25. The number of rotatable bonds is 3. The van der Waals surface area contributed by atoms with E-state index in [-0.39, 0.29) is 16.5 Å². The highest BCUT2D eigenvalue weighted by Gasteiger charge is 2.34. The molecule has 0 radical (unpaired) electrons. The number of nitrogens with zero attached hydrogens (tertiary/aromatic N) is 1. The molecule has 1 N–H and O–H groups in total. The molecule has 1 aliphatic rings. The van der Waals surface area contributed by atoms with E-state index in [0.717, 1.165) is 12.1 Å². The summed E-state index contributed by atoms with van der Waals surface area (Å²) in [4.78, 5) is 4.50. The molecule has 132 valence electrons. The summed E-state index contributed by atoms with van der Waals surface area (Å²) in [5.74, 6) is 0.895. The number of thioether (sulfide) groups is 1. The Morgan fingerprint density at radius 1 is 1.12 bits per heavy atom. The number of nitrogens with one attached hydrogen (secondary N) is 1. The molecule has 2 aromatic rings. The van der Waals surface area contributed by atoms with Gasteiger partial charge < -0.3 is 5.32 Å². The fourth-order valence-electron chi connectivity index (χ4n) is 2.42. The molecule has 1 aliphatic heterocycles. The van der Waals surface area contributed by atoms with Crippen molar-refractivity contribution >= 4 is 46.5 Å². The minimum absolute atomic E-state index is 0.155. The maximum atomic E-state index is 12.9. The van der Waals surface area contributed by atoms with Crippen molar-refractivity contribution in [2.24, 2.45) is 4.99 Å². The van der Waals surface area contributed by atoms with Crippen molar-refractivity contribution < 1.29 is 13.2 Å². The highest BCUT2D eigenvalue weighted by molar-refractivity contribution is 8.01. The molecule has 0 bridgehead atoms. The first-order valence-corrected chi connectivity index (χ1v) is 9.22. The number of aliphatic imine (C=N–C) groups is 1. The number of amidine groups is 1. The van der Waals surface area contributed by atoms with Crippen molar-refractivity contribution in [3.8, 4) is 0 Å². The van der Waals surface area contributed by atoms with Crippen LogP contribution in [0.1, 0.15) is 16.5 Å². The molecule has 1 fully saturated rings. The van der Waals surface area contributed by atoms with Crippen LogP contribution in [0.25, 0.3) is 0 Å². The number of halogens is 5. The zero-order chi connectivity index (χ0) is 18.0. The Hall–Kier alpha value is -1.37. The van der Waals surface area contributed by atoms with Gasteiger partial charge in [0, 0.05) is 5.88 Å². The van der Waals surface area contributed by atoms with Gasteiger partial charge in [-0.1, -0.05) is 35.9 Å².